The molecule has 1 saturated carbocycles. The van der Waals surface area contributed by atoms with Crippen molar-refractivity contribution in [1.82, 2.24) is 9.80 Å². The van der Waals surface area contributed by atoms with Gasteiger partial charge < -0.3 is 15.5 Å². The van der Waals surface area contributed by atoms with E-state index in [1.807, 2.05) is 19.0 Å². The zero-order valence-corrected chi connectivity index (χ0v) is 10.8. The average molecular weight is 227 g/mol. The Morgan fingerprint density at radius 1 is 1.19 bits per heavy atom. The Morgan fingerprint density at radius 3 is 2.19 bits per heavy atom. The summed E-state index contributed by atoms with van der Waals surface area (Å²) in [5.74, 6) is 0.197. The lowest BCUT2D eigenvalue weighted by Crippen LogP contribution is -2.45. The van der Waals surface area contributed by atoms with Gasteiger partial charge in [0.05, 0.1) is 0 Å². The lowest BCUT2D eigenvalue weighted by molar-refractivity contribution is -0.132. The largest absolute Gasteiger partial charge is 0.339 e. The zero-order valence-electron chi connectivity index (χ0n) is 10.8. The van der Waals surface area contributed by atoms with Crippen LogP contribution < -0.4 is 5.73 Å². The number of nitrogens with two attached hydrogens (primary N) is 1. The third-order valence-electron chi connectivity index (χ3n) is 3.37. The van der Waals surface area contributed by atoms with Crippen molar-refractivity contribution in [3.8, 4) is 0 Å². The van der Waals surface area contributed by atoms with Crippen molar-refractivity contribution in [2.24, 2.45) is 5.73 Å². The van der Waals surface area contributed by atoms with Gasteiger partial charge in [-0.3, -0.25) is 4.79 Å². The first-order valence-electron chi connectivity index (χ1n) is 6.18. The molecule has 16 heavy (non-hydrogen) atoms. The molecule has 0 atom stereocenters. The molecule has 0 aromatic rings. The molecule has 1 amide bonds. The van der Waals surface area contributed by atoms with E-state index in [1.54, 1.807) is 6.92 Å². The van der Waals surface area contributed by atoms with Gasteiger partial charge in [0.1, 0.15) is 0 Å². The quantitative estimate of drug-likeness (QED) is 0.768. The molecule has 0 aromatic carbocycles. The number of nitrogens with zero attached hydrogens (tertiary/aromatic N) is 2. The second kappa shape index (κ2) is 6.21. The summed E-state index contributed by atoms with van der Waals surface area (Å²) in [5, 5.41) is 0. The highest BCUT2D eigenvalue weighted by Gasteiger charge is 2.25. The normalized spacial score (nSPS) is 25.8. The average Bonchev–Trinajstić information content (AvgIpc) is 2.20. The Labute approximate surface area is 98.8 Å². The molecule has 1 aliphatic carbocycles. The minimum absolute atomic E-state index is 0.197. The maximum Gasteiger partial charge on any atom is 0.219 e. The van der Waals surface area contributed by atoms with Gasteiger partial charge in [-0.15, -0.1) is 0 Å². The first-order chi connectivity index (χ1) is 7.50. The highest BCUT2D eigenvalue weighted by Crippen LogP contribution is 2.22. The van der Waals surface area contributed by atoms with Crippen LogP contribution in [0.2, 0.25) is 0 Å². The van der Waals surface area contributed by atoms with Crippen LogP contribution in [0.1, 0.15) is 32.6 Å². The summed E-state index contributed by atoms with van der Waals surface area (Å²) in [6.45, 7) is 3.44. The summed E-state index contributed by atoms with van der Waals surface area (Å²) >= 11 is 0. The number of carbonyl (C=O) groups excluding carboxylic acids is 1. The van der Waals surface area contributed by atoms with Crippen molar-refractivity contribution < 1.29 is 4.79 Å². The van der Waals surface area contributed by atoms with Crippen LogP contribution in [0.3, 0.4) is 0 Å². The lowest BCUT2D eigenvalue weighted by atomic mass is 9.90. The van der Waals surface area contributed by atoms with Crippen LogP contribution in [0.25, 0.3) is 0 Å². The molecule has 0 heterocycles. The van der Waals surface area contributed by atoms with Gasteiger partial charge in [0.2, 0.25) is 5.91 Å². The van der Waals surface area contributed by atoms with Crippen molar-refractivity contribution in [3.63, 3.8) is 0 Å². The molecule has 0 unspecified atom stereocenters. The van der Waals surface area contributed by atoms with Crippen molar-refractivity contribution in [1.29, 1.82) is 0 Å². The standard InChI is InChI=1S/C12H25N3O/c1-10(16)15(9-8-14(2)3)12-6-4-11(13)5-7-12/h11-12H,4-9,13H2,1-3H3. The van der Waals surface area contributed by atoms with Crippen LogP contribution in [0.15, 0.2) is 0 Å². The molecule has 0 bridgehead atoms. The third kappa shape index (κ3) is 4.10. The summed E-state index contributed by atoms with van der Waals surface area (Å²) in [6.07, 6.45) is 4.23. The van der Waals surface area contributed by atoms with E-state index in [1.165, 1.54) is 0 Å². The van der Waals surface area contributed by atoms with Gasteiger partial charge in [-0.05, 0) is 39.8 Å². The first-order valence-corrected chi connectivity index (χ1v) is 6.18. The van der Waals surface area contributed by atoms with Crippen molar-refractivity contribution in [2.45, 2.75) is 44.7 Å². The molecule has 94 valence electrons. The number of hydrogen-bond acceptors (Lipinski definition) is 3. The van der Waals surface area contributed by atoms with Gasteiger partial charge in [-0.2, -0.15) is 0 Å². The van der Waals surface area contributed by atoms with Gasteiger partial charge in [0.15, 0.2) is 0 Å². The van der Waals surface area contributed by atoms with Crippen LogP contribution in [0.5, 0.6) is 0 Å². The van der Waals surface area contributed by atoms with E-state index in [4.69, 9.17) is 5.73 Å². The number of amides is 1. The van der Waals surface area contributed by atoms with Crippen LogP contribution in [-0.4, -0.2) is 55.0 Å². The van der Waals surface area contributed by atoms with E-state index in [0.29, 0.717) is 12.1 Å². The molecule has 0 radical (unpaired) electrons. The predicted octanol–water partition coefficient (Wildman–Crippen LogP) is 0.666. The van der Waals surface area contributed by atoms with E-state index < -0.39 is 0 Å². The van der Waals surface area contributed by atoms with Crippen LogP contribution in [0, 0.1) is 0 Å². The molecule has 2 N–H and O–H groups in total. The van der Waals surface area contributed by atoms with Crippen LogP contribution in [0.4, 0.5) is 0 Å². The monoisotopic (exact) mass is 227 g/mol. The Hall–Kier alpha value is -0.610. The Kier molecular flexibility index (Phi) is 5.22. The van der Waals surface area contributed by atoms with E-state index >= 15 is 0 Å². The summed E-state index contributed by atoms with van der Waals surface area (Å²) in [5.41, 5.74) is 5.88. The predicted molar refractivity (Wildman–Crippen MR) is 66.2 cm³/mol. The van der Waals surface area contributed by atoms with Crippen LogP contribution >= 0.6 is 0 Å². The second-order valence-electron chi connectivity index (χ2n) is 5.08. The minimum Gasteiger partial charge on any atom is -0.339 e. The topological polar surface area (TPSA) is 49.6 Å². The number of hydrogen-bond donors (Lipinski definition) is 1. The zero-order chi connectivity index (χ0) is 12.1. The Balaban J connectivity index is 2.46. The maximum absolute atomic E-state index is 11.6. The molecule has 0 aromatic heterocycles. The number of likely N-dealkylation sites (N-methyl/N-ethyl adjacent to an activating group) is 1. The molecule has 0 spiro atoms. The number of rotatable bonds is 4. The highest BCUT2D eigenvalue weighted by molar-refractivity contribution is 5.73. The van der Waals surface area contributed by atoms with Gasteiger partial charge in [-0.1, -0.05) is 0 Å². The fraction of sp³-hybridized carbons (Fsp3) is 0.917. The molecule has 4 heteroatoms. The maximum atomic E-state index is 11.6. The Morgan fingerprint density at radius 2 is 1.75 bits per heavy atom. The van der Waals surface area contributed by atoms with Gasteiger partial charge in [0, 0.05) is 32.1 Å². The van der Waals surface area contributed by atoms with E-state index in [2.05, 4.69) is 4.90 Å². The second-order valence-corrected chi connectivity index (χ2v) is 5.08. The molecule has 0 aliphatic heterocycles. The molecule has 1 fully saturated rings. The molecule has 1 rings (SSSR count). The fourth-order valence-corrected chi connectivity index (χ4v) is 2.32. The summed E-state index contributed by atoms with van der Waals surface area (Å²) < 4.78 is 0. The van der Waals surface area contributed by atoms with Crippen LogP contribution in [-0.2, 0) is 4.79 Å². The summed E-state index contributed by atoms with van der Waals surface area (Å²) in [7, 11) is 4.07. The van der Waals surface area contributed by atoms with Crippen molar-refractivity contribution >= 4 is 5.91 Å². The molecule has 0 saturated heterocycles. The third-order valence-corrected chi connectivity index (χ3v) is 3.37. The van der Waals surface area contributed by atoms with E-state index in [0.717, 1.165) is 38.8 Å². The molecular weight excluding hydrogens is 202 g/mol. The fourth-order valence-electron chi connectivity index (χ4n) is 2.32. The lowest BCUT2D eigenvalue weighted by Gasteiger charge is -2.36. The molecule has 4 nitrogen and oxygen atoms in total. The van der Waals surface area contributed by atoms with Gasteiger partial charge in [0.25, 0.3) is 0 Å². The molecule has 1 aliphatic rings. The van der Waals surface area contributed by atoms with Gasteiger partial charge >= 0.3 is 0 Å². The minimum atomic E-state index is 0.197. The Bertz CT molecular complexity index is 222. The van der Waals surface area contributed by atoms with E-state index in [9.17, 15) is 4.79 Å². The SMILES string of the molecule is CC(=O)N(CCN(C)C)C1CCC(N)CC1. The smallest absolute Gasteiger partial charge is 0.219 e. The van der Waals surface area contributed by atoms with E-state index in [-0.39, 0.29) is 5.91 Å². The van der Waals surface area contributed by atoms with Crippen molar-refractivity contribution in [2.75, 3.05) is 27.2 Å². The highest BCUT2D eigenvalue weighted by atomic mass is 16.2. The summed E-state index contributed by atoms with van der Waals surface area (Å²) in [4.78, 5) is 15.7. The number of carbonyl (C=O) groups is 1. The van der Waals surface area contributed by atoms with Crippen molar-refractivity contribution in [3.05, 3.63) is 0 Å². The first kappa shape index (κ1) is 13.5. The molecular formula is C12H25N3O. The summed E-state index contributed by atoms with van der Waals surface area (Å²) in [6, 6.07) is 0.760. The van der Waals surface area contributed by atoms with Gasteiger partial charge in [-0.25, -0.2) is 0 Å².